The van der Waals surface area contributed by atoms with Crippen molar-refractivity contribution in [3.05, 3.63) is 0 Å². The van der Waals surface area contributed by atoms with Crippen molar-refractivity contribution >= 4 is 0 Å². The molecule has 0 bridgehead atoms. The summed E-state index contributed by atoms with van der Waals surface area (Å²) < 4.78 is 19.8. The van der Waals surface area contributed by atoms with Gasteiger partial charge < -0.3 is 19.9 Å². The second kappa shape index (κ2) is 12.3. The van der Waals surface area contributed by atoms with Gasteiger partial charge in [0.2, 0.25) is 0 Å². The summed E-state index contributed by atoms with van der Waals surface area (Å²) in [5, 5.41) is 0. The molecule has 0 spiro atoms. The SMILES string of the molecule is CCCC(C)(CC(C)C)OCC1CCC1(C)C(C)(C)OCCC(C)(C)C(C)(C)OCC(C)C(C)(C)N. The summed E-state index contributed by atoms with van der Waals surface area (Å²) in [6.45, 7) is 33.7. The summed E-state index contributed by atoms with van der Waals surface area (Å²) in [7, 11) is 0. The molecule has 1 rings (SSSR count). The molecule has 0 heterocycles. The Bertz CT molecular complexity index is 663. The third-order valence-electron chi connectivity index (χ3n) is 10.3. The minimum Gasteiger partial charge on any atom is -0.375 e. The van der Waals surface area contributed by atoms with Gasteiger partial charge in [-0.05, 0) is 104 Å². The van der Waals surface area contributed by atoms with Gasteiger partial charge in [0.1, 0.15) is 0 Å². The molecule has 1 aliphatic carbocycles. The maximum absolute atomic E-state index is 6.69. The van der Waals surface area contributed by atoms with Crippen LogP contribution in [0.5, 0.6) is 0 Å². The zero-order chi connectivity index (χ0) is 28.2. The smallest absolute Gasteiger partial charge is 0.0683 e. The molecule has 0 aromatic carbocycles. The number of hydrogen-bond donors (Lipinski definition) is 1. The fraction of sp³-hybridized carbons (Fsp3) is 1.00. The molecule has 1 saturated carbocycles. The van der Waals surface area contributed by atoms with Gasteiger partial charge in [0.15, 0.2) is 0 Å². The molecule has 4 unspecified atom stereocenters. The largest absolute Gasteiger partial charge is 0.375 e. The number of hydrogen-bond acceptors (Lipinski definition) is 4. The Morgan fingerprint density at radius 1 is 0.889 bits per heavy atom. The lowest BCUT2D eigenvalue weighted by atomic mass is 9.54. The summed E-state index contributed by atoms with van der Waals surface area (Å²) in [6.07, 6.45) is 6.80. The molecule has 1 aliphatic rings. The molecule has 36 heavy (non-hydrogen) atoms. The highest BCUT2D eigenvalue weighted by Crippen LogP contribution is 2.55. The summed E-state index contributed by atoms with van der Waals surface area (Å²) in [4.78, 5) is 0. The summed E-state index contributed by atoms with van der Waals surface area (Å²) in [5.41, 5.74) is 5.68. The Hall–Kier alpha value is -0.160. The lowest BCUT2D eigenvalue weighted by Crippen LogP contribution is -2.56. The van der Waals surface area contributed by atoms with Gasteiger partial charge in [-0.2, -0.15) is 0 Å². The molecule has 0 amide bonds. The van der Waals surface area contributed by atoms with Crippen molar-refractivity contribution in [1.29, 1.82) is 0 Å². The first-order chi connectivity index (χ1) is 16.1. The molecule has 216 valence electrons. The number of nitrogens with two attached hydrogens (primary N) is 1. The Morgan fingerprint density at radius 3 is 1.92 bits per heavy atom. The van der Waals surface area contributed by atoms with Crippen molar-refractivity contribution in [2.45, 2.75) is 158 Å². The van der Waals surface area contributed by atoms with Crippen molar-refractivity contribution in [1.82, 2.24) is 0 Å². The molecule has 1 fully saturated rings. The van der Waals surface area contributed by atoms with E-state index in [1.54, 1.807) is 0 Å². The second-order valence-electron chi connectivity index (χ2n) is 15.3. The van der Waals surface area contributed by atoms with E-state index >= 15 is 0 Å². The zero-order valence-corrected chi connectivity index (χ0v) is 26.9. The fourth-order valence-corrected chi connectivity index (χ4v) is 5.54. The molecule has 0 radical (unpaired) electrons. The van der Waals surface area contributed by atoms with Crippen LogP contribution in [-0.2, 0) is 14.2 Å². The normalized spacial score (nSPS) is 24.5. The molecular formula is C32H65NO3. The van der Waals surface area contributed by atoms with Crippen molar-refractivity contribution in [3.63, 3.8) is 0 Å². The van der Waals surface area contributed by atoms with Crippen molar-refractivity contribution < 1.29 is 14.2 Å². The van der Waals surface area contributed by atoms with Crippen LogP contribution < -0.4 is 5.73 Å². The van der Waals surface area contributed by atoms with Gasteiger partial charge in [0, 0.05) is 17.6 Å². The third-order valence-corrected chi connectivity index (χ3v) is 10.3. The Labute approximate surface area is 226 Å². The number of rotatable bonds is 17. The van der Waals surface area contributed by atoms with Crippen LogP contribution in [0.15, 0.2) is 0 Å². The maximum atomic E-state index is 6.69. The van der Waals surface area contributed by atoms with Gasteiger partial charge in [-0.3, -0.25) is 0 Å². The van der Waals surface area contributed by atoms with Crippen LogP contribution in [0.1, 0.15) is 135 Å². The van der Waals surface area contributed by atoms with Crippen LogP contribution in [0.25, 0.3) is 0 Å². The Kier molecular flexibility index (Phi) is 11.6. The predicted molar refractivity (Wildman–Crippen MR) is 155 cm³/mol. The fourth-order valence-electron chi connectivity index (χ4n) is 5.54. The van der Waals surface area contributed by atoms with Crippen LogP contribution in [-0.4, -0.2) is 42.2 Å². The predicted octanol–water partition coefficient (Wildman–Crippen LogP) is 8.40. The van der Waals surface area contributed by atoms with Crippen molar-refractivity contribution in [2.24, 2.45) is 34.3 Å². The Morgan fingerprint density at radius 2 is 1.47 bits per heavy atom. The van der Waals surface area contributed by atoms with Gasteiger partial charge in [-0.15, -0.1) is 0 Å². The highest BCUT2D eigenvalue weighted by atomic mass is 16.5. The van der Waals surface area contributed by atoms with E-state index in [0.29, 0.717) is 24.4 Å². The second-order valence-corrected chi connectivity index (χ2v) is 15.3. The van der Waals surface area contributed by atoms with E-state index in [9.17, 15) is 0 Å². The molecule has 0 aliphatic heterocycles. The van der Waals surface area contributed by atoms with Crippen LogP contribution in [0.2, 0.25) is 0 Å². The highest BCUT2D eigenvalue weighted by molar-refractivity contribution is 5.03. The van der Waals surface area contributed by atoms with E-state index in [4.69, 9.17) is 19.9 Å². The summed E-state index contributed by atoms with van der Waals surface area (Å²) >= 11 is 0. The lowest BCUT2D eigenvalue weighted by Gasteiger charge is -2.57. The van der Waals surface area contributed by atoms with E-state index < -0.39 is 0 Å². The van der Waals surface area contributed by atoms with E-state index in [-0.39, 0.29) is 33.2 Å². The average Bonchev–Trinajstić information content (AvgIpc) is 2.68. The van der Waals surface area contributed by atoms with Gasteiger partial charge in [-0.25, -0.2) is 0 Å². The Balaban J connectivity index is 2.71. The summed E-state index contributed by atoms with van der Waals surface area (Å²) in [5.74, 6) is 1.49. The van der Waals surface area contributed by atoms with Crippen LogP contribution in [0.4, 0.5) is 0 Å². The third kappa shape index (κ3) is 8.68. The highest BCUT2D eigenvalue weighted by Gasteiger charge is 2.54. The van der Waals surface area contributed by atoms with Crippen LogP contribution in [0, 0.1) is 28.6 Å². The van der Waals surface area contributed by atoms with E-state index in [0.717, 1.165) is 32.5 Å². The zero-order valence-electron chi connectivity index (χ0n) is 26.9. The van der Waals surface area contributed by atoms with Gasteiger partial charge in [0.05, 0.1) is 30.0 Å². The first-order valence-electron chi connectivity index (χ1n) is 14.8. The molecule has 0 aromatic heterocycles. The van der Waals surface area contributed by atoms with Crippen molar-refractivity contribution in [2.75, 3.05) is 19.8 Å². The molecule has 4 heteroatoms. The molecule has 4 atom stereocenters. The van der Waals surface area contributed by atoms with E-state index in [1.807, 2.05) is 0 Å². The molecule has 0 saturated heterocycles. The average molecular weight is 512 g/mol. The molecule has 0 aromatic rings. The first-order valence-corrected chi connectivity index (χ1v) is 14.8. The monoisotopic (exact) mass is 511 g/mol. The number of ether oxygens (including phenoxy) is 3. The minimum absolute atomic E-state index is 0.0172. The van der Waals surface area contributed by atoms with Gasteiger partial charge in [-0.1, -0.05) is 54.9 Å². The van der Waals surface area contributed by atoms with E-state index in [2.05, 4.69) is 96.9 Å². The van der Waals surface area contributed by atoms with Gasteiger partial charge in [0.25, 0.3) is 0 Å². The summed E-state index contributed by atoms with van der Waals surface area (Å²) in [6, 6.07) is 0. The first kappa shape index (κ1) is 33.9. The molecule has 2 N–H and O–H groups in total. The topological polar surface area (TPSA) is 53.7 Å². The maximum Gasteiger partial charge on any atom is 0.0683 e. The quantitative estimate of drug-likeness (QED) is 0.213. The van der Waals surface area contributed by atoms with E-state index in [1.165, 1.54) is 19.3 Å². The van der Waals surface area contributed by atoms with Gasteiger partial charge >= 0.3 is 0 Å². The molecular weight excluding hydrogens is 446 g/mol. The lowest BCUT2D eigenvalue weighted by molar-refractivity contribution is -0.201. The molecule has 4 nitrogen and oxygen atoms in total. The standard InChI is InChI=1S/C32H65NO3/c1-15-17-31(13,21-24(2)3)36-23-26-16-18-32(26,14)30(11,12)34-20-19-27(5,6)29(9,10)35-22-25(4)28(7,8)33/h24-26H,15-23,33H2,1-14H3. The van der Waals surface area contributed by atoms with Crippen LogP contribution >= 0.6 is 0 Å². The van der Waals surface area contributed by atoms with Crippen LogP contribution in [0.3, 0.4) is 0 Å². The minimum atomic E-state index is -0.267. The van der Waals surface area contributed by atoms with Crippen molar-refractivity contribution in [3.8, 4) is 0 Å².